The third-order valence-corrected chi connectivity index (χ3v) is 7.84. The number of ether oxygens (including phenoxy) is 1. The molecule has 4 bridgehead atoms. The summed E-state index contributed by atoms with van der Waals surface area (Å²) in [5.41, 5.74) is 2.90. The van der Waals surface area contributed by atoms with Crippen molar-refractivity contribution in [2.45, 2.75) is 57.3 Å². The Morgan fingerprint density at radius 1 is 1.06 bits per heavy atom. The fourth-order valence-electron chi connectivity index (χ4n) is 6.66. The molecule has 2 N–H and O–H groups in total. The van der Waals surface area contributed by atoms with Crippen molar-refractivity contribution < 1.29 is 19.4 Å². The van der Waals surface area contributed by atoms with Crippen molar-refractivity contribution >= 4 is 11.7 Å². The largest absolute Gasteiger partial charge is 0.390 e. The minimum absolute atomic E-state index is 0.0540. The van der Waals surface area contributed by atoms with Crippen LogP contribution in [0.15, 0.2) is 42.5 Å². The maximum Gasteiger partial charge on any atom is 0.251 e. The van der Waals surface area contributed by atoms with Crippen molar-refractivity contribution in [1.82, 2.24) is 5.32 Å². The third-order valence-electron chi connectivity index (χ3n) is 7.84. The van der Waals surface area contributed by atoms with E-state index in [0.29, 0.717) is 40.0 Å². The van der Waals surface area contributed by atoms with Crippen LogP contribution in [0.5, 0.6) is 0 Å². The van der Waals surface area contributed by atoms with Crippen LogP contribution in [0, 0.1) is 24.7 Å². The van der Waals surface area contributed by atoms with E-state index in [1.165, 1.54) is 0 Å². The number of amides is 1. The van der Waals surface area contributed by atoms with Gasteiger partial charge >= 0.3 is 0 Å². The van der Waals surface area contributed by atoms with Crippen LogP contribution in [0.2, 0.25) is 0 Å². The predicted molar refractivity (Wildman–Crippen MR) is 122 cm³/mol. The van der Waals surface area contributed by atoms with Gasteiger partial charge in [-0.2, -0.15) is 0 Å². The van der Waals surface area contributed by atoms with E-state index in [1.807, 2.05) is 31.2 Å². The molecule has 1 amide bonds. The highest BCUT2D eigenvalue weighted by molar-refractivity contribution is 6.10. The fraction of sp³-hybridized carbons (Fsp3) is 0.481. The summed E-state index contributed by atoms with van der Waals surface area (Å²) in [6.45, 7) is 2.18. The summed E-state index contributed by atoms with van der Waals surface area (Å²) < 4.78 is 5.36. The zero-order valence-electron chi connectivity index (χ0n) is 18.8. The molecule has 6 rings (SSSR count). The van der Waals surface area contributed by atoms with Crippen molar-refractivity contribution in [3.63, 3.8) is 0 Å². The molecule has 0 spiro atoms. The quantitative estimate of drug-likeness (QED) is 0.674. The number of rotatable bonds is 6. The first-order valence-corrected chi connectivity index (χ1v) is 11.6. The van der Waals surface area contributed by atoms with E-state index < -0.39 is 5.60 Å². The van der Waals surface area contributed by atoms with Crippen molar-refractivity contribution in [3.8, 4) is 0 Å². The summed E-state index contributed by atoms with van der Waals surface area (Å²) in [5.74, 6) is 1.13. The normalized spacial score (nSPS) is 30.3. The second-order valence-corrected chi connectivity index (χ2v) is 10.1. The van der Waals surface area contributed by atoms with E-state index in [4.69, 9.17) is 4.74 Å². The summed E-state index contributed by atoms with van der Waals surface area (Å²) in [6.07, 6.45) is 4.70. The van der Waals surface area contributed by atoms with Gasteiger partial charge in [0.25, 0.3) is 5.91 Å². The lowest BCUT2D eigenvalue weighted by Gasteiger charge is -2.58. The molecule has 4 aliphatic carbocycles. The molecule has 4 aliphatic rings. The van der Waals surface area contributed by atoms with Crippen LogP contribution in [0.4, 0.5) is 0 Å². The van der Waals surface area contributed by atoms with E-state index >= 15 is 0 Å². The van der Waals surface area contributed by atoms with Crippen LogP contribution in [-0.2, 0) is 11.3 Å². The first kappa shape index (κ1) is 21.4. The molecule has 2 aromatic carbocycles. The Labute approximate surface area is 189 Å². The SMILES string of the molecule is COCc1cc(C(=O)c2ccccc2C)ccc1C(=O)NC1C2CC3CC1CC(O)(C3)C2. The molecule has 32 heavy (non-hydrogen) atoms. The molecule has 0 saturated heterocycles. The summed E-state index contributed by atoms with van der Waals surface area (Å²) in [5, 5.41) is 14.1. The van der Waals surface area contributed by atoms with Gasteiger partial charge in [-0.1, -0.05) is 30.3 Å². The second kappa shape index (κ2) is 8.13. The number of aliphatic hydroxyl groups is 1. The minimum atomic E-state index is -0.517. The molecule has 5 nitrogen and oxygen atoms in total. The van der Waals surface area contributed by atoms with Crippen LogP contribution in [-0.4, -0.2) is 35.5 Å². The monoisotopic (exact) mass is 433 g/mol. The Hall–Kier alpha value is -2.50. The predicted octanol–water partition coefficient (Wildman–Crippen LogP) is 4.04. The van der Waals surface area contributed by atoms with Gasteiger partial charge in [-0.05, 0) is 80.0 Å². The molecule has 2 aromatic rings. The number of hydrogen-bond acceptors (Lipinski definition) is 4. The topological polar surface area (TPSA) is 75.6 Å². The van der Waals surface area contributed by atoms with E-state index in [2.05, 4.69) is 5.32 Å². The Balaban J connectivity index is 1.38. The lowest BCUT2D eigenvalue weighted by atomic mass is 9.52. The standard InChI is InChI=1S/C27H31NO4/c1-16-5-3-4-6-22(16)25(29)18-7-8-23(21(11-18)15-32-2)26(30)28-24-19-9-17-10-20(24)14-27(31,12-17)13-19/h3-8,11,17,19-20,24,31H,9-10,12-15H2,1-2H3,(H,28,30). The first-order chi connectivity index (χ1) is 15.4. The summed E-state index contributed by atoms with van der Waals surface area (Å²) >= 11 is 0. The van der Waals surface area contributed by atoms with Gasteiger partial charge in [0.2, 0.25) is 0 Å². The summed E-state index contributed by atoms with van der Waals surface area (Å²) in [7, 11) is 1.59. The van der Waals surface area contributed by atoms with Gasteiger partial charge < -0.3 is 15.2 Å². The number of carbonyl (C=O) groups excluding carboxylic acids is 2. The molecule has 0 heterocycles. The zero-order chi connectivity index (χ0) is 22.5. The van der Waals surface area contributed by atoms with Gasteiger partial charge in [0.1, 0.15) is 0 Å². The van der Waals surface area contributed by atoms with Gasteiger partial charge in [-0.15, -0.1) is 0 Å². The molecular weight excluding hydrogens is 402 g/mol. The van der Waals surface area contributed by atoms with Gasteiger partial charge in [-0.3, -0.25) is 9.59 Å². The Morgan fingerprint density at radius 2 is 1.78 bits per heavy atom. The van der Waals surface area contributed by atoms with Crippen molar-refractivity contribution in [2.75, 3.05) is 7.11 Å². The van der Waals surface area contributed by atoms with Crippen LogP contribution in [0.25, 0.3) is 0 Å². The number of hydrogen-bond donors (Lipinski definition) is 2. The van der Waals surface area contributed by atoms with Crippen LogP contribution < -0.4 is 5.32 Å². The smallest absolute Gasteiger partial charge is 0.251 e. The number of ketones is 1. The minimum Gasteiger partial charge on any atom is -0.390 e. The Kier molecular flexibility index (Phi) is 5.42. The van der Waals surface area contributed by atoms with E-state index in [-0.39, 0.29) is 24.3 Å². The lowest BCUT2D eigenvalue weighted by molar-refractivity contribution is -0.136. The summed E-state index contributed by atoms with van der Waals surface area (Å²) in [6, 6.07) is 12.9. The van der Waals surface area contributed by atoms with E-state index in [9.17, 15) is 14.7 Å². The first-order valence-electron chi connectivity index (χ1n) is 11.6. The highest BCUT2D eigenvalue weighted by Gasteiger charge is 2.55. The molecule has 0 radical (unpaired) electrons. The van der Waals surface area contributed by atoms with Crippen molar-refractivity contribution in [1.29, 1.82) is 0 Å². The molecular formula is C27H31NO4. The number of nitrogens with one attached hydrogen (secondary N) is 1. The highest BCUT2D eigenvalue weighted by atomic mass is 16.5. The number of methoxy groups -OCH3 is 1. The highest BCUT2D eigenvalue weighted by Crippen LogP contribution is 2.55. The fourth-order valence-corrected chi connectivity index (χ4v) is 6.66. The Morgan fingerprint density at radius 3 is 2.44 bits per heavy atom. The van der Waals surface area contributed by atoms with Gasteiger partial charge in [-0.25, -0.2) is 0 Å². The van der Waals surface area contributed by atoms with Gasteiger partial charge in [0.05, 0.1) is 12.2 Å². The van der Waals surface area contributed by atoms with Crippen LogP contribution >= 0.6 is 0 Å². The number of benzene rings is 2. The number of aryl methyl sites for hydroxylation is 1. The molecule has 0 aliphatic heterocycles. The maximum atomic E-state index is 13.3. The van der Waals surface area contributed by atoms with Crippen molar-refractivity contribution in [2.24, 2.45) is 17.8 Å². The van der Waals surface area contributed by atoms with Gasteiger partial charge in [0.15, 0.2) is 5.78 Å². The Bertz CT molecular complexity index is 1050. The van der Waals surface area contributed by atoms with Crippen LogP contribution in [0.1, 0.15) is 69.5 Å². The molecule has 5 heteroatoms. The molecule has 4 fully saturated rings. The summed E-state index contributed by atoms with van der Waals surface area (Å²) in [4.78, 5) is 26.4. The van der Waals surface area contributed by atoms with Crippen molar-refractivity contribution in [3.05, 3.63) is 70.3 Å². The lowest BCUT2D eigenvalue weighted by Crippen LogP contribution is -2.61. The van der Waals surface area contributed by atoms with Gasteiger partial charge in [0, 0.05) is 29.8 Å². The molecule has 0 aromatic heterocycles. The molecule has 168 valence electrons. The zero-order valence-corrected chi connectivity index (χ0v) is 18.8. The van der Waals surface area contributed by atoms with E-state index in [0.717, 1.165) is 37.7 Å². The molecule has 4 saturated carbocycles. The molecule has 2 atom stereocenters. The second-order valence-electron chi connectivity index (χ2n) is 10.1. The molecule has 2 unspecified atom stereocenters. The van der Waals surface area contributed by atoms with Crippen LogP contribution in [0.3, 0.4) is 0 Å². The average molecular weight is 434 g/mol. The van der Waals surface area contributed by atoms with E-state index in [1.54, 1.807) is 25.3 Å². The number of carbonyl (C=O) groups is 2. The average Bonchev–Trinajstić information content (AvgIpc) is 2.75. The third kappa shape index (κ3) is 3.78. The maximum absolute atomic E-state index is 13.3.